The summed E-state index contributed by atoms with van der Waals surface area (Å²) in [6.07, 6.45) is 0.649. The summed E-state index contributed by atoms with van der Waals surface area (Å²) >= 11 is 1.29. The minimum Gasteiger partial charge on any atom is -0.465 e. The quantitative estimate of drug-likeness (QED) is 0.563. The third-order valence-corrected chi connectivity index (χ3v) is 5.01. The molecule has 1 aromatic carbocycles. The molecule has 7 heteroatoms. The third-order valence-electron chi connectivity index (χ3n) is 3.81. The summed E-state index contributed by atoms with van der Waals surface area (Å²) in [5, 5.41) is 9.70. The van der Waals surface area contributed by atoms with Gasteiger partial charge in [-0.25, -0.2) is 4.98 Å². The molecule has 0 radical (unpaired) electrons. The Balaban J connectivity index is 1.98. The maximum Gasteiger partial charge on any atom is 0.319 e. The fourth-order valence-corrected chi connectivity index (χ4v) is 3.55. The monoisotopic (exact) mass is 344 g/mol. The molecule has 24 heavy (non-hydrogen) atoms. The second kappa shape index (κ2) is 6.76. The minimum atomic E-state index is -0.322. The molecule has 0 aliphatic carbocycles. The highest BCUT2D eigenvalue weighted by atomic mass is 32.2. The smallest absolute Gasteiger partial charge is 0.319 e. The number of fused-ring (bicyclic) bond motifs is 3. The number of aryl methyl sites for hydroxylation is 2. The van der Waals surface area contributed by atoms with E-state index in [1.165, 1.54) is 17.3 Å². The molecule has 3 aromatic rings. The molecule has 2 aromatic heterocycles. The number of benzene rings is 1. The van der Waals surface area contributed by atoms with Crippen molar-refractivity contribution in [2.45, 2.75) is 44.5 Å². The first-order valence-electron chi connectivity index (χ1n) is 8.00. The van der Waals surface area contributed by atoms with Crippen molar-refractivity contribution in [3.63, 3.8) is 0 Å². The zero-order chi connectivity index (χ0) is 17.3. The molecule has 0 aliphatic heterocycles. The van der Waals surface area contributed by atoms with E-state index in [-0.39, 0.29) is 11.2 Å². The van der Waals surface area contributed by atoms with E-state index in [4.69, 9.17) is 4.74 Å². The van der Waals surface area contributed by atoms with Gasteiger partial charge in [-0.1, -0.05) is 30.3 Å². The molecule has 3 rings (SSSR count). The van der Waals surface area contributed by atoms with Gasteiger partial charge in [0.2, 0.25) is 5.16 Å². The summed E-state index contributed by atoms with van der Waals surface area (Å²) in [5.41, 5.74) is 4.80. The highest BCUT2D eigenvalue weighted by Gasteiger charge is 2.21. The van der Waals surface area contributed by atoms with Crippen molar-refractivity contribution in [2.75, 3.05) is 6.61 Å². The molecule has 126 valence electrons. The van der Waals surface area contributed by atoms with Crippen LogP contribution in [0.4, 0.5) is 0 Å². The van der Waals surface area contributed by atoms with Crippen molar-refractivity contribution < 1.29 is 9.53 Å². The molecule has 0 saturated carbocycles. The highest BCUT2D eigenvalue weighted by Crippen LogP contribution is 2.28. The van der Waals surface area contributed by atoms with Crippen LogP contribution >= 0.6 is 11.8 Å². The van der Waals surface area contributed by atoms with Gasteiger partial charge in [-0.3, -0.25) is 4.79 Å². The van der Waals surface area contributed by atoms with Crippen LogP contribution in [0.3, 0.4) is 0 Å². The van der Waals surface area contributed by atoms with Gasteiger partial charge in [0.1, 0.15) is 10.8 Å². The van der Waals surface area contributed by atoms with Crippen molar-refractivity contribution in [2.24, 2.45) is 0 Å². The Morgan fingerprint density at radius 1 is 1.29 bits per heavy atom. The average Bonchev–Trinajstić information content (AvgIpc) is 2.91. The Morgan fingerprint density at radius 2 is 2.08 bits per heavy atom. The van der Waals surface area contributed by atoms with Gasteiger partial charge < -0.3 is 9.72 Å². The molecule has 2 heterocycles. The van der Waals surface area contributed by atoms with Crippen molar-refractivity contribution in [3.8, 4) is 0 Å². The molecular weight excluding hydrogens is 324 g/mol. The van der Waals surface area contributed by atoms with Gasteiger partial charge in [-0.2, -0.15) is 0 Å². The van der Waals surface area contributed by atoms with Crippen LogP contribution < -0.4 is 0 Å². The van der Waals surface area contributed by atoms with E-state index in [1.54, 1.807) is 6.92 Å². The fraction of sp³-hybridized carbons (Fsp3) is 0.412. The predicted octanol–water partition coefficient (Wildman–Crippen LogP) is 3.56. The number of nitrogens with one attached hydrogen (secondary N) is 1. The molecule has 0 spiro atoms. The number of ether oxygens (including phenoxy) is 1. The van der Waals surface area contributed by atoms with Crippen LogP contribution in [0.15, 0.2) is 17.3 Å². The number of carbonyl (C=O) groups excluding carboxylic acids is 1. The number of nitrogens with zero attached hydrogens (tertiary/aromatic N) is 3. The molecule has 0 aliphatic rings. The first-order chi connectivity index (χ1) is 11.5. The second-order valence-corrected chi connectivity index (χ2v) is 6.86. The molecule has 1 atom stereocenters. The lowest BCUT2D eigenvalue weighted by atomic mass is 10.1. The molecule has 0 bridgehead atoms. The SMILES string of the molecule is CCOC(=O)[C@@H](CC)Sc1nnc2c(n1)[nH]c1c(C)cc(C)cc12. The van der Waals surface area contributed by atoms with Crippen molar-refractivity contribution in [3.05, 3.63) is 23.3 Å². The number of hydrogen-bond donors (Lipinski definition) is 1. The van der Waals surface area contributed by atoms with Crippen LogP contribution in [0.25, 0.3) is 22.1 Å². The summed E-state index contributed by atoms with van der Waals surface area (Å²) in [5.74, 6) is -0.239. The summed E-state index contributed by atoms with van der Waals surface area (Å²) < 4.78 is 5.09. The van der Waals surface area contributed by atoms with E-state index in [2.05, 4.69) is 46.1 Å². The number of aromatic nitrogens is 4. The lowest BCUT2D eigenvalue weighted by Gasteiger charge is -2.11. The van der Waals surface area contributed by atoms with Crippen molar-refractivity contribution >= 4 is 39.8 Å². The second-order valence-electron chi connectivity index (χ2n) is 5.69. The Bertz CT molecular complexity index is 906. The van der Waals surface area contributed by atoms with Gasteiger partial charge in [-0.15, -0.1) is 10.2 Å². The van der Waals surface area contributed by atoms with Crippen LogP contribution in [0.1, 0.15) is 31.4 Å². The van der Waals surface area contributed by atoms with Crippen LogP contribution in [-0.4, -0.2) is 38.0 Å². The lowest BCUT2D eigenvalue weighted by molar-refractivity contribution is -0.142. The zero-order valence-electron chi connectivity index (χ0n) is 14.2. The number of aromatic amines is 1. The van der Waals surface area contributed by atoms with Gasteiger partial charge in [0.15, 0.2) is 5.65 Å². The van der Waals surface area contributed by atoms with Crippen LogP contribution in [0.2, 0.25) is 0 Å². The molecule has 0 saturated heterocycles. The van der Waals surface area contributed by atoms with E-state index >= 15 is 0 Å². The molecular formula is C17H20N4O2S. The highest BCUT2D eigenvalue weighted by molar-refractivity contribution is 8.00. The van der Waals surface area contributed by atoms with E-state index in [1.807, 2.05) is 6.92 Å². The molecule has 6 nitrogen and oxygen atoms in total. The Hall–Kier alpha value is -2.15. The number of H-pyrrole nitrogens is 1. The molecule has 0 unspecified atom stereocenters. The lowest BCUT2D eigenvalue weighted by Crippen LogP contribution is -2.19. The Morgan fingerprint density at radius 3 is 2.79 bits per heavy atom. The number of carbonyl (C=O) groups is 1. The Kier molecular flexibility index (Phi) is 4.71. The van der Waals surface area contributed by atoms with Crippen LogP contribution in [-0.2, 0) is 9.53 Å². The Labute approximate surface area is 144 Å². The number of hydrogen-bond acceptors (Lipinski definition) is 6. The maximum absolute atomic E-state index is 11.9. The fourth-order valence-electron chi connectivity index (χ4n) is 2.73. The molecule has 0 amide bonds. The van der Waals surface area contributed by atoms with Gasteiger partial charge >= 0.3 is 5.97 Å². The number of rotatable bonds is 5. The predicted molar refractivity (Wildman–Crippen MR) is 95.2 cm³/mol. The molecule has 1 N–H and O–H groups in total. The van der Waals surface area contributed by atoms with Gasteiger partial charge in [0, 0.05) is 5.39 Å². The largest absolute Gasteiger partial charge is 0.465 e. The van der Waals surface area contributed by atoms with Crippen molar-refractivity contribution in [1.82, 2.24) is 20.2 Å². The van der Waals surface area contributed by atoms with E-state index in [0.29, 0.717) is 23.8 Å². The first-order valence-corrected chi connectivity index (χ1v) is 8.88. The van der Waals surface area contributed by atoms with Gasteiger partial charge in [-0.05, 0) is 38.8 Å². The number of thioether (sulfide) groups is 1. The van der Waals surface area contributed by atoms with E-state index in [0.717, 1.165) is 22.0 Å². The summed E-state index contributed by atoms with van der Waals surface area (Å²) in [4.78, 5) is 19.8. The number of esters is 1. The zero-order valence-corrected chi connectivity index (χ0v) is 15.0. The van der Waals surface area contributed by atoms with Crippen molar-refractivity contribution in [1.29, 1.82) is 0 Å². The summed E-state index contributed by atoms with van der Waals surface area (Å²) in [7, 11) is 0. The maximum atomic E-state index is 11.9. The van der Waals surface area contributed by atoms with Crippen LogP contribution in [0.5, 0.6) is 0 Å². The topological polar surface area (TPSA) is 80.8 Å². The summed E-state index contributed by atoms with van der Waals surface area (Å²) in [6.45, 7) is 8.22. The average molecular weight is 344 g/mol. The minimum absolute atomic E-state index is 0.239. The van der Waals surface area contributed by atoms with Gasteiger partial charge in [0.25, 0.3) is 0 Å². The third kappa shape index (κ3) is 3.08. The standard InChI is InChI=1S/C17H20N4O2S/c1-5-12(16(22)23-6-2)24-17-19-15-14(20-21-17)11-8-9(3)7-10(4)13(11)18-15/h7-8,12H,5-6H2,1-4H3,(H,18,19,21)/t12-/m1/s1. The van der Waals surface area contributed by atoms with Crippen LogP contribution in [0, 0.1) is 13.8 Å². The molecule has 0 fully saturated rings. The van der Waals surface area contributed by atoms with E-state index in [9.17, 15) is 4.79 Å². The normalized spacial score (nSPS) is 12.7. The van der Waals surface area contributed by atoms with E-state index < -0.39 is 0 Å². The van der Waals surface area contributed by atoms with Gasteiger partial charge in [0.05, 0.1) is 12.1 Å². The first kappa shape index (κ1) is 16.7. The summed E-state index contributed by atoms with van der Waals surface area (Å²) in [6, 6.07) is 4.20.